The van der Waals surface area contributed by atoms with Crippen LogP contribution in [0.25, 0.3) is 0 Å². The maximum absolute atomic E-state index is 12.9. The lowest BCUT2D eigenvalue weighted by Crippen LogP contribution is -2.44. The van der Waals surface area contributed by atoms with Crippen molar-refractivity contribution in [3.05, 3.63) is 28.2 Å². The third kappa shape index (κ3) is 4.20. The van der Waals surface area contributed by atoms with Crippen molar-refractivity contribution in [1.29, 1.82) is 0 Å². The highest BCUT2D eigenvalue weighted by Gasteiger charge is 2.33. The zero-order valence-electron chi connectivity index (χ0n) is 12.1. The summed E-state index contributed by atoms with van der Waals surface area (Å²) in [6.07, 6.45) is 3.64. The van der Waals surface area contributed by atoms with Gasteiger partial charge in [-0.1, -0.05) is 28.4 Å². The molecule has 1 saturated heterocycles. The van der Waals surface area contributed by atoms with Gasteiger partial charge < -0.3 is 5.73 Å². The van der Waals surface area contributed by atoms with E-state index in [0.717, 1.165) is 35.7 Å². The van der Waals surface area contributed by atoms with Gasteiger partial charge in [0.05, 0.1) is 4.90 Å². The molecule has 0 saturated carbocycles. The minimum absolute atomic E-state index is 0. The Morgan fingerprint density at radius 3 is 2.76 bits per heavy atom. The summed E-state index contributed by atoms with van der Waals surface area (Å²) in [6, 6.07) is 5.43. The van der Waals surface area contributed by atoms with Gasteiger partial charge in [-0.25, -0.2) is 8.42 Å². The first-order valence-electron chi connectivity index (χ1n) is 6.95. The predicted octanol–water partition coefficient (Wildman–Crippen LogP) is 3.07. The van der Waals surface area contributed by atoms with E-state index in [4.69, 9.17) is 5.73 Å². The first-order valence-corrected chi connectivity index (χ1v) is 9.18. The van der Waals surface area contributed by atoms with Gasteiger partial charge in [-0.2, -0.15) is 4.31 Å². The Morgan fingerprint density at radius 1 is 1.38 bits per heavy atom. The topological polar surface area (TPSA) is 63.4 Å². The summed E-state index contributed by atoms with van der Waals surface area (Å²) in [7, 11) is -3.44. The van der Waals surface area contributed by atoms with E-state index in [1.807, 2.05) is 19.1 Å². The van der Waals surface area contributed by atoms with Gasteiger partial charge in [-0.15, -0.1) is 12.4 Å². The summed E-state index contributed by atoms with van der Waals surface area (Å²) in [4.78, 5) is 0.399. The van der Waals surface area contributed by atoms with Crippen LogP contribution in [0, 0.1) is 6.92 Å². The summed E-state index contributed by atoms with van der Waals surface area (Å²) < 4.78 is 28.3. The lowest BCUT2D eigenvalue weighted by atomic mass is 10.0. The second-order valence-corrected chi connectivity index (χ2v) is 8.03. The molecule has 1 unspecified atom stereocenters. The highest BCUT2D eigenvalue weighted by Crippen LogP contribution is 2.29. The van der Waals surface area contributed by atoms with Gasteiger partial charge in [0.1, 0.15) is 0 Å². The predicted molar refractivity (Wildman–Crippen MR) is 91.3 cm³/mol. The summed E-state index contributed by atoms with van der Waals surface area (Å²) in [5.74, 6) is 0. The molecule has 120 valence electrons. The normalized spacial score (nSPS) is 20.0. The molecular formula is C14H22BrClN2O2S. The molecule has 0 bridgehead atoms. The van der Waals surface area contributed by atoms with Crippen molar-refractivity contribution in [3.63, 3.8) is 0 Å². The highest BCUT2D eigenvalue weighted by molar-refractivity contribution is 9.10. The van der Waals surface area contributed by atoms with Crippen molar-refractivity contribution in [1.82, 2.24) is 4.31 Å². The monoisotopic (exact) mass is 396 g/mol. The van der Waals surface area contributed by atoms with E-state index in [0.29, 0.717) is 18.0 Å². The van der Waals surface area contributed by atoms with Crippen molar-refractivity contribution < 1.29 is 8.42 Å². The van der Waals surface area contributed by atoms with Crippen molar-refractivity contribution in [2.45, 2.75) is 43.5 Å². The molecule has 1 aliphatic heterocycles. The summed E-state index contributed by atoms with van der Waals surface area (Å²) in [5, 5.41) is 0. The second kappa shape index (κ2) is 7.92. The van der Waals surface area contributed by atoms with Gasteiger partial charge >= 0.3 is 0 Å². The highest BCUT2D eigenvalue weighted by atomic mass is 79.9. The molecule has 2 N–H and O–H groups in total. The Labute approximate surface area is 141 Å². The van der Waals surface area contributed by atoms with E-state index >= 15 is 0 Å². The minimum atomic E-state index is -3.44. The summed E-state index contributed by atoms with van der Waals surface area (Å²) >= 11 is 3.36. The molecule has 0 amide bonds. The van der Waals surface area contributed by atoms with Crippen LogP contribution in [-0.4, -0.2) is 31.9 Å². The fourth-order valence-electron chi connectivity index (χ4n) is 2.75. The number of nitrogens with two attached hydrogens (primary N) is 1. The number of hydrogen-bond donors (Lipinski definition) is 1. The van der Waals surface area contributed by atoms with E-state index in [1.165, 1.54) is 0 Å². The molecule has 0 spiro atoms. The first-order chi connectivity index (χ1) is 9.46. The Balaban J connectivity index is 0.00000220. The number of aryl methyl sites for hydroxylation is 1. The summed E-state index contributed by atoms with van der Waals surface area (Å²) in [6.45, 7) is 2.95. The van der Waals surface area contributed by atoms with Crippen molar-refractivity contribution in [2.24, 2.45) is 5.73 Å². The molecule has 1 heterocycles. The molecule has 2 rings (SSSR count). The maximum Gasteiger partial charge on any atom is 0.243 e. The minimum Gasteiger partial charge on any atom is -0.330 e. The van der Waals surface area contributed by atoms with Crippen LogP contribution in [0.1, 0.15) is 31.2 Å². The van der Waals surface area contributed by atoms with Gasteiger partial charge in [0, 0.05) is 17.1 Å². The van der Waals surface area contributed by atoms with E-state index in [-0.39, 0.29) is 18.4 Å². The van der Waals surface area contributed by atoms with Crippen LogP contribution in [0.15, 0.2) is 27.6 Å². The first kappa shape index (κ1) is 18.9. The molecule has 1 atom stereocenters. The van der Waals surface area contributed by atoms with Gasteiger partial charge in [-0.3, -0.25) is 0 Å². The third-order valence-corrected chi connectivity index (χ3v) is 6.40. The number of halogens is 2. The number of benzene rings is 1. The van der Waals surface area contributed by atoms with E-state index < -0.39 is 10.0 Å². The van der Waals surface area contributed by atoms with Crippen LogP contribution in [0.2, 0.25) is 0 Å². The Morgan fingerprint density at radius 2 is 2.10 bits per heavy atom. The smallest absolute Gasteiger partial charge is 0.243 e. The zero-order chi connectivity index (χ0) is 14.8. The van der Waals surface area contributed by atoms with Crippen LogP contribution < -0.4 is 5.73 Å². The SMILES string of the molecule is Cc1ccc(Br)cc1S(=O)(=O)N1CCCCC1CCN.Cl. The molecule has 1 aromatic rings. The molecule has 1 aromatic carbocycles. The average Bonchev–Trinajstić information content (AvgIpc) is 2.42. The molecular weight excluding hydrogens is 376 g/mol. The molecule has 0 radical (unpaired) electrons. The Bertz CT molecular complexity index is 578. The van der Waals surface area contributed by atoms with Crippen LogP contribution in [0.5, 0.6) is 0 Å². The van der Waals surface area contributed by atoms with Gasteiger partial charge in [0.15, 0.2) is 0 Å². The number of sulfonamides is 1. The molecule has 4 nitrogen and oxygen atoms in total. The van der Waals surface area contributed by atoms with E-state index in [2.05, 4.69) is 15.9 Å². The quantitative estimate of drug-likeness (QED) is 0.849. The largest absolute Gasteiger partial charge is 0.330 e. The van der Waals surface area contributed by atoms with Crippen LogP contribution in [0.4, 0.5) is 0 Å². The summed E-state index contributed by atoms with van der Waals surface area (Å²) in [5.41, 5.74) is 6.41. The lowest BCUT2D eigenvalue weighted by molar-refractivity contribution is 0.243. The third-order valence-electron chi connectivity index (χ3n) is 3.81. The molecule has 0 aromatic heterocycles. The van der Waals surface area contributed by atoms with Crippen molar-refractivity contribution >= 4 is 38.4 Å². The Kier molecular flexibility index (Phi) is 7.13. The maximum atomic E-state index is 12.9. The van der Waals surface area contributed by atoms with Gasteiger partial charge in [-0.05, 0) is 50.4 Å². The fraction of sp³-hybridized carbons (Fsp3) is 0.571. The molecule has 7 heteroatoms. The van der Waals surface area contributed by atoms with Crippen molar-refractivity contribution in [3.8, 4) is 0 Å². The van der Waals surface area contributed by atoms with Gasteiger partial charge in [0.2, 0.25) is 10.0 Å². The molecule has 1 aliphatic rings. The number of nitrogens with zero attached hydrogens (tertiary/aromatic N) is 1. The lowest BCUT2D eigenvalue weighted by Gasteiger charge is -2.35. The average molecular weight is 398 g/mol. The molecule has 0 aliphatic carbocycles. The fourth-order valence-corrected chi connectivity index (χ4v) is 5.24. The van der Waals surface area contributed by atoms with Crippen molar-refractivity contribution in [2.75, 3.05) is 13.1 Å². The van der Waals surface area contributed by atoms with Crippen LogP contribution >= 0.6 is 28.3 Å². The Hall–Kier alpha value is -0.140. The van der Waals surface area contributed by atoms with Crippen LogP contribution in [-0.2, 0) is 10.0 Å². The van der Waals surface area contributed by atoms with Crippen LogP contribution in [0.3, 0.4) is 0 Å². The standard InChI is InChI=1S/C14H21BrN2O2S.ClH/c1-11-5-6-12(15)10-14(11)20(18,19)17-9-3-2-4-13(17)7-8-16;/h5-6,10,13H,2-4,7-9,16H2,1H3;1H. The second-order valence-electron chi connectivity index (χ2n) is 5.25. The zero-order valence-corrected chi connectivity index (χ0v) is 15.3. The molecule has 1 fully saturated rings. The van der Waals surface area contributed by atoms with Gasteiger partial charge in [0.25, 0.3) is 0 Å². The van der Waals surface area contributed by atoms with E-state index in [9.17, 15) is 8.42 Å². The number of rotatable bonds is 4. The van der Waals surface area contributed by atoms with E-state index in [1.54, 1.807) is 10.4 Å². The number of piperidine rings is 1. The number of hydrogen-bond acceptors (Lipinski definition) is 3. The molecule has 21 heavy (non-hydrogen) atoms.